The number of hydrogen-bond acceptors (Lipinski definition) is 18. The maximum Gasteiger partial charge on any atom is 0.245 e. The van der Waals surface area contributed by atoms with Crippen LogP contribution in [0.5, 0.6) is 5.75 Å². The summed E-state index contributed by atoms with van der Waals surface area (Å²) in [6.07, 6.45) is -0.374. The number of benzene rings is 2. The van der Waals surface area contributed by atoms with Gasteiger partial charge in [0.25, 0.3) is 0 Å². The second-order valence-corrected chi connectivity index (χ2v) is 23.8. The van der Waals surface area contributed by atoms with Crippen molar-refractivity contribution >= 4 is 88.7 Å². The number of amides is 14. The van der Waals surface area contributed by atoms with E-state index in [9.17, 15) is 77.3 Å². The minimum atomic E-state index is -1.60. The van der Waals surface area contributed by atoms with Crippen LogP contribution in [0.15, 0.2) is 59.6 Å². The van der Waals surface area contributed by atoms with E-state index in [-0.39, 0.29) is 81.6 Å². The highest BCUT2D eigenvalue weighted by molar-refractivity contribution is 5.99. The van der Waals surface area contributed by atoms with Gasteiger partial charge in [-0.15, -0.1) is 0 Å². The van der Waals surface area contributed by atoms with Crippen LogP contribution in [0, 0.1) is 11.8 Å². The molecular formula is C61H94N18O16. The molecule has 0 bridgehead atoms. The molecule has 0 radical (unpaired) electrons. The molecule has 95 heavy (non-hydrogen) atoms. The Hall–Kier alpha value is -9.99. The van der Waals surface area contributed by atoms with Crippen LogP contribution in [-0.4, -0.2) is 204 Å². The van der Waals surface area contributed by atoms with Crippen molar-refractivity contribution in [2.45, 2.75) is 166 Å². The summed E-state index contributed by atoms with van der Waals surface area (Å²) in [7, 11) is 0. The third-order valence-corrected chi connectivity index (χ3v) is 14.6. The number of aromatic hydroxyl groups is 1. The highest BCUT2D eigenvalue weighted by Crippen LogP contribution is 2.19. The van der Waals surface area contributed by atoms with Crippen LogP contribution in [0.3, 0.4) is 0 Å². The number of rotatable bonds is 40. The summed E-state index contributed by atoms with van der Waals surface area (Å²) in [5.74, 6) is -12.6. The molecule has 34 nitrogen and oxygen atoms in total. The molecule has 34 heteroatoms. The first-order valence-electron chi connectivity index (χ1n) is 31.1. The first-order chi connectivity index (χ1) is 44.8. The van der Waals surface area contributed by atoms with Crippen LogP contribution in [0.2, 0.25) is 0 Å². The number of hydrogen-bond donors (Lipinski definition) is 18. The predicted octanol–water partition coefficient (Wildman–Crippen LogP) is -6.35. The molecule has 0 saturated carbocycles. The second-order valence-electron chi connectivity index (χ2n) is 23.8. The number of phenols is 1. The lowest BCUT2D eigenvalue weighted by molar-refractivity contribution is -0.140. The number of primary amides is 2. The van der Waals surface area contributed by atoms with Crippen LogP contribution in [-0.2, 0) is 80.0 Å². The molecular weight excluding hydrogens is 1240 g/mol. The van der Waals surface area contributed by atoms with Gasteiger partial charge in [0.15, 0.2) is 5.96 Å². The van der Waals surface area contributed by atoms with Crippen molar-refractivity contribution in [3.05, 3.63) is 65.7 Å². The van der Waals surface area contributed by atoms with Crippen molar-refractivity contribution in [2.75, 3.05) is 39.3 Å². The third kappa shape index (κ3) is 29.2. The molecule has 14 amide bonds. The van der Waals surface area contributed by atoms with Crippen molar-refractivity contribution in [3.8, 4) is 5.75 Å². The van der Waals surface area contributed by atoms with E-state index in [0.29, 0.717) is 17.5 Å². The van der Waals surface area contributed by atoms with Crippen LogP contribution >= 0.6 is 0 Å². The zero-order valence-corrected chi connectivity index (χ0v) is 54.3. The SMILES string of the molecule is CC(C)C[C@H](NC(=O)CNC(=O)[C@@H](Cc1ccccc1)NC(=O)CNC(=O)[C@@H](Cc1ccc(O)cc1)NC(=O)[C@H](CC(C)C)NC(=O)[C@H](CCCN=C(N)N)NC(=O)[C@H](CCC(N)=O)NC(=O)[C@H](C)NC(=O)CNC(=O)[C@H](CO)NC(=O)[C@@H]1CCCN1C(=O)[C@@H](C)N)C(N)=O. The largest absolute Gasteiger partial charge is 0.508 e. The molecule has 3 rings (SSSR count). The molecule has 0 aromatic heterocycles. The Labute approximate surface area is 550 Å². The average molecular weight is 1340 g/mol. The number of guanidine groups is 1. The topological polar surface area (TPSA) is 557 Å². The number of aliphatic hydroxyl groups is 1. The Kier molecular flexibility index (Phi) is 33.5. The predicted molar refractivity (Wildman–Crippen MR) is 344 cm³/mol. The molecule has 10 atom stereocenters. The van der Waals surface area contributed by atoms with Crippen molar-refractivity contribution in [1.29, 1.82) is 0 Å². The molecule has 2 aromatic rings. The first-order valence-corrected chi connectivity index (χ1v) is 31.1. The highest BCUT2D eigenvalue weighted by Gasteiger charge is 2.38. The molecule has 1 saturated heterocycles. The van der Waals surface area contributed by atoms with Crippen LogP contribution in [0.25, 0.3) is 0 Å². The van der Waals surface area contributed by atoms with E-state index >= 15 is 0 Å². The molecule has 1 fully saturated rings. The summed E-state index contributed by atoms with van der Waals surface area (Å²) in [5, 5.41) is 47.1. The van der Waals surface area contributed by atoms with E-state index < -0.39 is 182 Å². The number of nitrogens with one attached hydrogen (secondary N) is 11. The van der Waals surface area contributed by atoms with E-state index in [1.807, 2.05) is 13.8 Å². The Morgan fingerprint density at radius 2 is 1.00 bits per heavy atom. The lowest BCUT2D eigenvalue weighted by atomic mass is 10.00. The first kappa shape index (κ1) is 79.2. The molecule has 2 aromatic carbocycles. The number of phenolic OH excluding ortho intramolecular Hbond substituents is 1. The molecule has 1 aliphatic heterocycles. The van der Waals surface area contributed by atoms with Gasteiger partial charge in [-0.05, 0) is 93.9 Å². The van der Waals surface area contributed by atoms with Gasteiger partial charge in [0.1, 0.15) is 60.1 Å². The maximum atomic E-state index is 14.5. The maximum absolute atomic E-state index is 14.5. The van der Waals surface area contributed by atoms with Gasteiger partial charge in [-0.3, -0.25) is 72.1 Å². The van der Waals surface area contributed by atoms with Crippen molar-refractivity contribution in [1.82, 2.24) is 63.4 Å². The van der Waals surface area contributed by atoms with Gasteiger partial charge < -0.3 is 102 Å². The fraction of sp³-hybridized carbons (Fsp3) is 0.557. The van der Waals surface area contributed by atoms with Crippen LogP contribution in [0.4, 0.5) is 0 Å². The van der Waals surface area contributed by atoms with Gasteiger partial charge in [0.2, 0.25) is 82.7 Å². The number of carbonyl (C=O) groups excluding carboxylic acids is 14. The van der Waals surface area contributed by atoms with Crippen LogP contribution < -0.4 is 87.2 Å². The Bertz CT molecular complexity index is 3020. The lowest BCUT2D eigenvalue weighted by Gasteiger charge is -2.27. The summed E-state index contributed by atoms with van der Waals surface area (Å²) in [6.45, 7) is 7.04. The zero-order valence-electron chi connectivity index (χ0n) is 54.3. The van der Waals surface area contributed by atoms with Gasteiger partial charge in [-0.1, -0.05) is 70.2 Å². The fourth-order valence-corrected chi connectivity index (χ4v) is 9.75. The van der Waals surface area contributed by atoms with Gasteiger partial charge in [0.05, 0.1) is 32.3 Å². The van der Waals surface area contributed by atoms with Gasteiger partial charge in [-0.25, -0.2) is 0 Å². The summed E-state index contributed by atoms with van der Waals surface area (Å²) in [6, 6.07) is 1.05. The number of nitrogens with zero attached hydrogens (tertiary/aromatic N) is 2. The Balaban J connectivity index is 1.81. The van der Waals surface area contributed by atoms with E-state index in [1.54, 1.807) is 44.2 Å². The van der Waals surface area contributed by atoms with Crippen LogP contribution in [0.1, 0.15) is 104 Å². The standard InChI is InChI=1S/C61H94N18O16/c1-32(2)24-41(51(64)86)72-49(84)29-68-53(88)43(26-36-12-8-7-9-13-36)73-50(85)30-69-54(89)44(27-37-16-18-38(81)19-17-37)77-58(93)42(25-33(3)4)76-56(91)39(14-10-22-67-61(65)66)75-57(92)40(20-21-47(63)82)74-52(87)35(6)71-48(83)28-70-55(90)45(31-80)78-59(94)46-15-11-23-79(46)60(95)34(5)62/h7-9,12-13,16-19,32-35,39-46,80-81H,10-11,14-15,20-31,62H2,1-6H3,(H2,63,82)(H2,64,86)(H,68,88)(H,69,89)(H,70,90)(H,71,83)(H,72,84)(H,73,85)(H,74,87)(H,75,92)(H,76,91)(H,77,93)(H,78,94)(H4,65,66,67)/t34-,35+,39+,40+,41+,42+,43-,44-,45+,46+/m1/s1. The molecule has 1 heterocycles. The average Bonchev–Trinajstić information content (AvgIpc) is 1.77. The van der Waals surface area contributed by atoms with Crippen molar-refractivity contribution < 1.29 is 77.3 Å². The van der Waals surface area contributed by atoms with E-state index in [2.05, 4.69) is 63.5 Å². The quantitative estimate of drug-likeness (QED) is 0.0168. The summed E-state index contributed by atoms with van der Waals surface area (Å²) < 4.78 is 0. The zero-order chi connectivity index (χ0) is 71.1. The molecule has 0 spiro atoms. The highest BCUT2D eigenvalue weighted by atomic mass is 16.3. The molecule has 23 N–H and O–H groups in total. The normalized spacial score (nSPS) is 15.4. The number of aliphatic hydroxyl groups excluding tert-OH is 1. The summed E-state index contributed by atoms with van der Waals surface area (Å²) in [4.78, 5) is 192. The smallest absolute Gasteiger partial charge is 0.245 e. The molecule has 524 valence electrons. The number of carbonyl (C=O) groups is 14. The van der Waals surface area contributed by atoms with Gasteiger partial charge in [0, 0.05) is 32.4 Å². The number of nitrogens with two attached hydrogens (primary N) is 5. The fourth-order valence-electron chi connectivity index (χ4n) is 9.75. The molecule has 0 unspecified atom stereocenters. The summed E-state index contributed by atoms with van der Waals surface area (Å²) in [5.41, 5.74) is 28.7. The monoisotopic (exact) mass is 1330 g/mol. The molecule has 1 aliphatic rings. The van der Waals surface area contributed by atoms with E-state index in [4.69, 9.17) is 28.7 Å². The number of likely N-dealkylation sites (tertiary alicyclic amines) is 1. The van der Waals surface area contributed by atoms with Crippen molar-refractivity contribution in [2.24, 2.45) is 45.5 Å². The Morgan fingerprint density at radius 3 is 1.52 bits per heavy atom. The van der Waals surface area contributed by atoms with Gasteiger partial charge in [-0.2, -0.15) is 0 Å². The Morgan fingerprint density at radius 1 is 0.537 bits per heavy atom. The minimum absolute atomic E-state index is 0.000101. The van der Waals surface area contributed by atoms with Crippen molar-refractivity contribution in [3.63, 3.8) is 0 Å². The minimum Gasteiger partial charge on any atom is -0.508 e. The lowest BCUT2D eigenvalue weighted by Crippen LogP contribution is -2.59. The second kappa shape index (κ2) is 40.2. The third-order valence-electron chi connectivity index (χ3n) is 14.6. The summed E-state index contributed by atoms with van der Waals surface area (Å²) >= 11 is 0. The molecule has 0 aliphatic carbocycles. The van der Waals surface area contributed by atoms with E-state index in [0.717, 1.165) is 0 Å². The number of aliphatic imine (C=N–C) groups is 1. The van der Waals surface area contributed by atoms with E-state index in [1.165, 1.54) is 43.0 Å². The van der Waals surface area contributed by atoms with Gasteiger partial charge >= 0.3 is 0 Å².